The number of rotatable bonds is 6. The lowest BCUT2D eigenvalue weighted by Gasteiger charge is -2.26. The number of aromatic nitrogens is 4. The van der Waals surface area contributed by atoms with Crippen molar-refractivity contribution in [2.75, 3.05) is 31.6 Å². The molecule has 0 amide bonds. The first kappa shape index (κ1) is 17.6. The lowest BCUT2D eigenvalue weighted by atomic mass is 10.2. The van der Waals surface area contributed by atoms with E-state index in [0.29, 0.717) is 6.54 Å². The maximum atomic E-state index is 5.40. The molecular weight excluding hydrogens is 340 g/mol. The molecule has 7 nitrogen and oxygen atoms in total. The van der Waals surface area contributed by atoms with Crippen LogP contribution in [0.5, 0.6) is 0 Å². The molecule has 1 aliphatic heterocycles. The van der Waals surface area contributed by atoms with Crippen LogP contribution in [0.4, 0.5) is 5.69 Å². The summed E-state index contributed by atoms with van der Waals surface area (Å²) < 4.78 is 7.21. The number of benzene rings is 1. The number of nitrogens with one attached hydrogen (secondary N) is 1. The fourth-order valence-corrected chi connectivity index (χ4v) is 3.13. The predicted molar refractivity (Wildman–Crippen MR) is 104 cm³/mol. The number of ether oxygens (including phenoxy) is 1. The highest BCUT2D eigenvalue weighted by molar-refractivity contribution is 5.43. The number of hydrogen-bond donors (Lipinski definition) is 1. The number of hydrogen-bond acceptors (Lipinski definition) is 6. The Labute approximate surface area is 159 Å². The Morgan fingerprint density at radius 3 is 2.70 bits per heavy atom. The molecule has 4 rings (SSSR count). The van der Waals surface area contributed by atoms with Crippen molar-refractivity contribution in [2.24, 2.45) is 0 Å². The van der Waals surface area contributed by atoms with Crippen molar-refractivity contribution in [3.05, 3.63) is 65.7 Å². The second-order valence-electron chi connectivity index (χ2n) is 6.75. The molecule has 2 aromatic heterocycles. The number of morpholine rings is 1. The monoisotopic (exact) mass is 364 g/mol. The number of nitrogens with zero attached hydrogens (tertiary/aromatic N) is 5. The Bertz CT molecular complexity index is 870. The zero-order valence-corrected chi connectivity index (χ0v) is 15.5. The van der Waals surface area contributed by atoms with Crippen molar-refractivity contribution in [2.45, 2.75) is 20.0 Å². The van der Waals surface area contributed by atoms with Crippen molar-refractivity contribution in [3.8, 4) is 5.69 Å². The van der Waals surface area contributed by atoms with E-state index in [9.17, 15) is 0 Å². The zero-order chi connectivity index (χ0) is 18.5. The molecule has 140 valence electrons. The Balaban J connectivity index is 1.36. The molecule has 0 atom stereocenters. The van der Waals surface area contributed by atoms with Gasteiger partial charge in [0.05, 0.1) is 31.6 Å². The molecule has 1 aliphatic rings. The van der Waals surface area contributed by atoms with Crippen LogP contribution >= 0.6 is 0 Å². The second kappa shape index (κ2) is 8.28. The molecule has 0 bridgehead atoms. The Morgan fingerprint density at radius 1 is 1.11 bits per heavy atom. The molecule has 1 fully saturated rings. The van der Waals surface area contributed by atoms with Crippen LogP contribution < -0.4 is 5.32 Å². The normalized spacial score (nSPS) is 15.0. The standard InChI is InChI=1S/C20H24N6O/c1-16-12-18(6-7-21-16)22-13-19-15-26(24-23-19)20-4-2-17(3-5-20)14-25-8-10-27-11-9-25/h2-7,12,15H,8-11,13-14H2,1H3,(H,21,22). The summed E-state index contributed by atoms with van der Waals surface area (Å²) in [5, 5.41) is 11.9. The van der Waals surface area contributed by atoms with Crippen LogP contribution in [-0.4, -0.2) is 51.2 Å². The summed E-state index contributed by atoms with van der Waals surface area (Å²) >= 11 is 0. The first-order chi connectivity index (χ1) is 13.3. The minimum atomic E-state index is 0.624. The van der Waals surface area contributed by atoms with Gasteiger partial charge in [0.1, 0.15) is 5.69 Å². The molecule has 0 saturated carbocycles. The zero-order valence-electron chi connectivity index (χ0n) is 15.5. The van der Waals surface area contributed by atoms with Gasteiger partial charge in [-0.3, -0.25) is 9.88 Å². The molecule has 1 saturated heterocycles. The smallest absolute Gasteiger partial charge is 0.102 e. The summed E-state index contributed by atoms with van der Waals surface area (Å²) in [7, 11) is 0. The van der Waals surface area contributed by atoms with Crippen LogP contribution in [0.3, 0.4) is 0 Å². The quantitative estimate of drug-likeness (QED) is 0.724. The Morgan fingerprint density at radius 2 is 1.93 bits per heavy atom. The van der Waals surface area contributed by atoms with E-state index in [4.69, 9.17) is 4.74 Å². The lowest BCUT2D eigenvalue weighted by molar-refractivity contribution is 0.0342. The molecule has 7 heteroatoms. The van der Waals surface area contributed by atoms with Gasteiger partial charge >= 0.3 is 0 Å². The summed E-state index contributed by atoms with van der Waals surface area (Å²) in [4.78, 5) is 6.62. The van der Waals surface area contributed by atoms with Crippen LogP contribution in [-0.2, 0) is 17.8 Å². The molecule has 1 aromatic carbocycles. The van der Waals surface area contributed by atoms with E-state index in [0.717, 1.165) is 55.6 Å². The third-order valence-corrected chi connectivity index (χ3v) is 4.62. The van der Waals surface area contributed by atoms with E-state index in [1.807, 2.05) is 29.9 Å². The topological polar surface area (TPSA) is 68.1 Å². The van der Waals surface area contributed by atoms with Gasteiger partial charge in [-0.15, -0.1) is 5.10 Å². The molecule has 3 heterocycles. The highest BCUT2D eigenvalue weighted by Crippen LogP contribution is 2.13. The van der Waals surface area contributed by atoms with E-state index in [1.54, 1.807) is 6.20 Å². The van der Waals surface area contributed by atoms with Gasteiger partial charge in [-0.1, -0.05) is 17.3 Å². The molecule has 3 aromatic rings. The van der Waals surface area contributed by atoms with E-state index < -0.39 is 0 Å². The van der Waals surface area contributed by atoms with Crippen LogP contribution in [0.2, 0.25) is 0 Å². The van der Waals surface area contributed by atoms with Gasteiger partial charge in [-0.25, -0.2) is 4.68 Å². The summed E-state index contributed by atoms with van der Waals surface area (Å²) in [6.45, 7) is 7.21. The summed E-state index contributed by atoms with van der Waals surface area (Å²) in [6, 6.07) is 12.5. The minimum Gasteiger partial charge on any atom is -0.379 e. The SMILES string of the molecule is Cc1cc(NCc2cn(-c3ccc(CN4CCOCC4)cc3)nn2)ccn1. The summed E-state index contributed by atoms with van der Waals surface area (Å²) in [6.07, 6.45) is 3.75. The summed E-state index contributed by atoms with van der Waals surface area (Å²) in [5.74, 6) is 0. The molecule has 0 aliphatic carbocycles. The third kappa shape index (κ3) is 4.69. The van der Waals surface area contributed by atoms with Gasteiger partial charge in [0.15, 0.2) is 0 Å². The minimum absolute atomic E-state index is 0.624. The van der Waals surface area contributed by atoms with Crippen LogP contribution in [0.1, 0.15) is 17.0 Å². The van der Waals surface area contributed by atoms with Crippen LogP contribution in [0, 0.1) is 6.92 Å². The van der Waals surface area contributed by atoms with Crippen molar-refractivity contribution >= 4 is 5.69 Å². The maximum absolute atomic E-state index is 5.40. The van der Waals surface area contributed by atoms with E-state index >= 15 is 0 Å². The molecular formula is C20H24N6O. The van der Waals surface area contributed by atoms with Gasteiger partial charge in [-0.2, -0.15) is 0 Å². The van der Waals surface area contributed by atoms with Crippen molar-refractivity contribution in [1.82, 2.24) is 24.9 Å². The largest absolute Gasteiger partial charge is 0.379 e. The molecule has 0 spiro atoms. The van der Waals surface area contributed by atoms with Gasteiger partial charge in [0.2, 0.25) is 0 Å². The Hall–Kier alpha value is -2.77. The van der Waals surface area contributed by atoms with E-state index in [2.05, 4.69) is 49.8 Å². The average molecular weight is 364 g/mol. The first-order valence-corrected chi connectivity index (χ1v) is 9.23. The van der Waals surface area contributed by atoms with Crippen molar-refractivity contribution in [1.29, 1.82) is 0 Å². The molecule has 1 N–H and O–H groups in total. The number of anilines is 1. The highest BCUT2D eigenvalue weighted by atomic mass is 16.5. The Kier molecular flexibility index (Phi) is 5.41. The fourth-order valence-electron chi connectivity index (χ4n) is 3.13. The number of aryl methyl sites for hydroxylation is 1. The maximum Gasteiger partial charge on any atom is 0.102 e. The van der Waals surface area contributed by atoms with Gasteiger partial charge in [0, 0.05) is 37.2 Å². The van der Waals surface area contributed by atoms with Crippen molar-refractivity contribution in [3.63, 3.8) is 0 Å². The van der Waals surface area contributed by atoms with Crippen molar-refractivity contribution < 1.29 is 4.74 Å². The van der Waals surface area contributed by atoms with Gasteiger partial charge in [0.25, 0.3) is 0 Å². The average Bonchev–Trinajstić information content (AvgIpc) is 3.17. The summed E-state index contributed by atoms with van der Waals surface area (Å²) in [5.41, 5.74) is 5.22. The number of pyridine rings is 1. The molecule has 27 heavy (non-hydrogen) atoms. The van der Waals surface area contributed by atoms with E-state index in [1.165, 1.54) is 5.56 Å². The molecule has 0 radical (unpaired) electrons. The fraction of sp³-hybridized carbons (Fsp3) is 0.350. The van der Waals surface area contributed by atoms with Gasteiger partial charge in [-0.05, 0) is 36.8 Å². The van der Waals surface area contributed by atoms with E-state index in [-0.39, 0.29) is 0 Å². The van der Waals surface area contributed by atoms with Crippen LogP contribution in [0.15, 0.2) is 48.8 Å². The lowest BCUT2D eigenvalue weighted by Crippen LogP contribution is -2.35. The first-order valence-electron chi connectivity index (χ1n) is 9.23. The third-order valence-electron chi connectivity index (χ3n) is 4.62. The van der Waals surface area contributed by atoms with Crippen LogP contribution in [0.25, 0.3) is 5.69 Å². The predicted octanol–water partition coefficient (Wildman–Crippen LogP) is 2.42. The molecule has 0 unspecified atom stereocenters. The highest BCUT2D eigenvalue weighted by Gasteiger charge is 2.11. The van der Waals surface area contributed by atoms with Gasteiger partial charge < -0.3 is 10.1 Å². The second-order valence-corrected chi connectivity index (χ2v) is 6.75.